The number of rotatable bonds is 5. The number of carbonyl (C=O) groups excluding carboxylic acids is 3. The molecule has 1 amide bonds. The van der Waals surface area contributed by atoms with Gasteiger partial charge in [-0.2, -0.15) is 0 Å². The summed E-state index contributed by atoms with van der Waals surface area (Å²) in [5.74, 6) is -1.50. The van der Waals surface area contributed by atoms with E-state index in [1.807, 2.05) is 6.92 Å². The maximum atomic E-state index is 11.2. The monoisotopic (exact) mass is 294 g/mol. The lowest BCUT2D eigenvalue weighted by atomic mass is 10.1. The van der Waals surface area contributed by atoms with Crippen molar-refractivity contribution < 1.29 is 24.1 Å². The van der Waals surface area contributed by atoms with Gasteiger partial charge in [-0.15, -0.1) is 0 Å². The fourth-order valence-electron chi connectivity index (χ4n) is 1.77. The molecule has 1 N–H and O–H groups in total. The van der Waals surface area contributed by atoms with E-state index >= 15 is 0 Å². The molecule has 0 aromatic heterocycles. The first kappa shape index (κ1) is 16.5. The largest absolute Gasteiger partial charge is 0.333 e. The minimum Gasteiger partial charge on any atom is -0.326 e. The summed E-state index contributed by atoms with van der Waals surface area (Å²) in [6, 6.07) is 4.99. The predicted octanol–water partition coefficient (Wildman–Crippen LogP) is 1.97. The number of nitrogens with one attached hydrogen (secondary N) is 1. The first-order valence-electron chi connectivity index (χ1n) is 6.41. The molecule has 0 saturated heterocycles. The summed E-state index contributed by atoms with van der Waals surface area (Å²) < 4.78 is 0. The molecule has 0 bridgehead atoms. The van der Waals surface area contributed by atoms with Crippen LogP contribution >= 0.6 is 0 Å². The second kappa shape index (κ2) is 7.28. The molecule has 1 aromatic rings. The Balaban J connectivity index is 3.25. The van der Waals surface area contributed by atoms with Crippen LogP contribution in [0.5, 0.6) is 0 Å². The van der Waals surface area contributed by atoms with Crippen molar-refractivity contribution in [2.75, 3.05) is 10.5 Å². The Hall–Kier alpha value is -2.57. The lowest BCUT2D eigenvalue weighted by molar-refractivity contribution is -0.171. The molecular formula is C14H18N2O5. The van der Waals surface area contributed by atoms with Gasteiger partial charge in [-0.05, 0) is 23.8 Å². The van der Waals surface area contributed by atoms with E-state index in [-0.39, 0.29) is 5.91 Å². The molecular weight excluding hydrogens is 276 g/mol. The Kier molecular flexibility index (Phi) is 5.71. The molecule has 21 heavy (non-hydrogen) atoms. The Bertz CT molecular complexity index is 540. The molecule has 0 radical (unpaired) electrons. The molecule has 0 heterocycles. The van der Waals surface area contributed by atoms with Crippen LogP contribution in [0.4, 0.5) is 11.4 Å². The van der Waals surface area contributed by atoms with Crippen molar-refractivity contribution in [1.82, 2.24) is 0 Å². The zero-order valence-corrected chi connectivity index (χ0v) is 12.4. The summed E-state index contributed by atoms with van der Waals surface area (Å²) >= 11 is 0. The van der Waals surface area contributed by atoms with Gasteiger partial charge in [0.15, 0.2) is 0 Å². The van der Waals surface area contributed by atoms with Crippen molar-refractivity contribution in [3.63, 3.8) is 0 Å². The third-order valence-corrected chi connectivity index (χ3v) is 2.44. The van der Waals surface area contributed by atoms with Gasteiger partial charge in [-0.3, -0.25) is 4.79 Å². The molecule has 0 atom stereocenters. The molecule has 0 unspecified atom stereocenters. The number of carbonyl (C=O) groups is 3. The maximum absolute atomic E-state index is 11.2. The number of nitrogens with zero attached hydrogens (tertiary/aromatic N) is 1. The van der Waals surface area contributed by atoms with Gasteiger partial charge in [0.25, 0.3) is 0 Å². The van der Waals surface area contributed by atoms with Crippen LogP contribution in [0.2, 0.25) is 0 Å². The minimum absolute atomic E-state index is 0.228. The van der Waals surface area contributed by atoms with Crippen LogP contribution in [-0.4, -0.2) is 17.8 Å². The van der Waals surface area contributed by atoms with Gasteiger partial charge in [0.2, 0.25) is 5.91 Å². The van der Waals surface area contributed by atoms with Crippen molar-refractivity contribution in [2.24, 2.45) is 0 Å². The van der Waals surface area contributed by atoms with Crippen molar-refractivity contribution in [1.29, 1.82) is 0 Å². The van der Waals surface area contributed by atoms with Gasteiger partial charge in [-0.1, -0.05) is 13.0 Å². The molecule has 0 aliphatic heterocycles. The van der Waals surface area contributed by atoms with E-state index in [4.69, 9.17) is 9.68 Å². The quantitative estimate of drug-likeness (QED) is 0.836. The molecule has 1 aromatic carbocycles. The first-order chi connectivity index (χ1) is 9.85. The molecule has 0 aliphatic rings. The van der Waals surface area contributed by atoms with Crippen molar-refractivity contribution in [2.45, 2.75) is 34.1 Å². The normalized spacial score (nSPS) is 9.71. The molecule has 7 heteroatoms. The first-order valence-corrected chi connectivity index (χ1v) is 6.41. The summed E-state index contributed by atoms with van der Waals surface area (Å²) in [6.07, 6.45) is 0.533. The van der Waals surface area contributed by atoms with Crippen LogP contribution in [0.15, 0.2) is 18.2 Å². The second-order valence-electron chi connectivity index (χ2n) is 4.26. The van der Waals surface area contributed by atoms with Crippen molar-refractivity contribution in [3.8, 4) is 0 Å². The zero-order valence-electron chi connectivity index (χ0n) is 12.4. The Morgan fingerprint density at radius 1 is 1.10 bits per heavy atom. The minimum atomic E-state index is -0.636. The van der Waals surface area contributed by atoms with Crippen LogP contribution in [-0.2, 0) is 30.5 Å². The van der Waals surface area contributed by atoms with E-state index < -0.39 is 11.9 Å². The smallest absolute Gasteiger partial charge is 0.326 e. The fraction of sp³-hybridized carbons (Fsp3) is 0.357. The summed E-state index contributed by atoms with van der Waals surface area (Å²) in [5.41, 5.74) is 1.61. The average Bonchev–Trinajstić information content (AvgIpc) is 2.35. The van der Waals surface area contributed by atoms with Gasteiger partial charge >= 0.3 is 11.9 Å². The topological polar surface area (TPSA) is 84.9 Å². The lowest BCUT2D eigenvalue weighted by Gasteiger charge is -2.23. The Morgan fingerprint density at radius 3 is 2.10 bits per heavy atom. The average molecular weight is 294 g/mol. The van der Waals surface area contributed by atoms with Crippen molar-refractivity contribution >= 4 is 29.2 Å². The lowest BCUT2D eigenvalue weighted by Crippen LogP contribution is -2.29. The third kappa shape index (κ3) is 4.79. The molecule has 7 nitrogen and oxygen atoms in total. The van der Waals surface area contributed by atoms with Crippen LogP contribution in [0.1, 0.15) is 33.3 Å². The van der Waals surface area contributed by atoms with E-state index in [9.17, 15) is 14.4 Å². The molecule has 0 fully saturated rings. The standard InChI is InChI=1S/C14H18N2O5/c1-5-12-13(15-9(2)17)7-6-8-14(12)16(20-10(3)18)21-11(4)19/h6-8H,5H2,1-4H3,(H,15,17). The van der Waals surface area contributed by atoms with Crippen LogP contribution in [0.25, 0.3) is 0 Å². The summed E-state index contributed by atoms with van der Waals surface area (Å²) in [7, 11) is 0. The zero-order chi connectivity index (χ0) is 16.0. The Labute approximate surface area is 122 Å². The Morgan fingerprint density at radius 2 is 1.67 bits per heavy atom. The van der Waals surface area contributed by atoms with E-state index in [2.05, 4.69) is 5.32 Å². The van der Waals surface area contributed by atoms with Crippen LogP contribution in [0.3, 0.4) is 0 Å². The molecule has 1 rings (SSSR count). The maximum Gasteiger partial charge on any atom is 0.333 e. The highest BCUT2D eigenvalue weighted by molar-refractivity contribution is 5.90. The number of hydrogen-bond acceptors (Lipinski definition) is 6. The van der Waals surface area contributed by atoms with Gasteiger partial charge in [-0.25, -0.2) is 9.59 Å². The third-order valence-electron chi connectivity index (χ3n) is 2.44. The highest BCUT2D eigenvalue weighted by atomic mass is 17.0. The van der Waals surface area contributed by atoms with Gasteiger partial charge in [0.05, 0.1) is 0 Å². The van der Waals surface area contributed by atoms with E-state index in [1.54, 1.807) is 18.2 Å². The fourth-order valence-corrected chi connectivity index (χ4v) is 1.77. The molecule has 0 saturated carbocycles. The highest BCUT2D eigenvalue weighted by Gasteiger charge is 2.19. The summed E-state index contributed by atoms with van der Waals surface area (Å²) in [5, 5.41) is 3.44. The second-order valence-corrected chi connectivity index (χ2v) is 4.26. The predicted molar refractivity (Wildman–Crippen MR) is 76.1 cm³/mol. The van der Waals surface area contributed by atoms with E-state index in [1.165, 1.54) is 20.8 Å². The van der Waals surface area contributed by atoms with Crippen LogP contribution in [0, 0.1) is 0 Å². The van der Waals surface area contributed by atoms with Gasteiger partial charge in [0.1, 0.15) is 5.69 Å². The van der Waals surface area contributed by atoms with Crippen LogP contribution < -0.4 is 10.5 Å². The molecule has 0 aliphatic carbocycles. The number of hydrogen-bond donors (Lipinski definition) is 1. The van der Waals surface area contributed by atoms with E-state index in [0.717, 1.165) is 5.23 Å². The van der Waals surface area contributed by atoms with Crippen molar-refractivity contribution in [3.05, 3.63) is 23.8 Å². The SMILES string of the molecule is CCc1c(NC(C)=O)cccc1N(OC(C)=O)OC(C)=O. The highest BCUT2D eigenvalue weighted by Crippen LogP contribution is 2.29. The number of anilines is 2. The van der Waals surface area contributed by atoms with Gasteiger partial charge in [0, 0.05) is 32.0 Å². The van der Waals surface area contributed by atoms with Gasteiger partial charge < -0.3 is 15.0 Å². The summed E-state index contributed by atoms with van der Waals surface area (Å²) in [4.78, 5) is 43.3. The number of amides is 1. The molecule has 0 spiro atoms. The molecule has 114 valence electrons. The number of benzene rings is 1. The van der Waals surface area contributed by atoms with E-state index in [0.29, 0.717) is 23.4 Å². The summed E-state index contributed by atoms with van der Waals surface area (Å²) in [6.45, 7) is 5.64.